The number of ether oxygens (including phenoxy) is 1. The first-order chi connectivity index (χ1) is 11.7. The van der Waals surface area contributed by atoms with Crippen LogP contribution < -0.4 is 10.1 Å². The molecule has 1 fully saturated rings. The van der Waals surface area contributed by atoms with Gasteiger partial charge in [0, 0.05) is 18.7 Å². The van der Waals surface area contributed by atoms with Crippen molar-refractivity contribution in [2.75, 3.05) is 20.2 Å². The van der Waals surface area contributed by atoms with Gasteiger partial charge in [-0.05, 0) is 61.3 Å². The first-order valence-electron chi connectivity index (χ1n) is 8.47. The Morgan fingerprint density at radius 1 is 1.00 bits per heavy atom. The first-order valence-corrected chi connectivity index (χ1v) is 8.47. The fraction of sp³-hybridized carbons (Fsp3) is 0.350. The summed E-state index contributed by atoms with van der Waals surface area (Å²) >= 11 is 0. The topological polar surface area (TPSA) is 41.6 Å². The third kappa shape index (κ3) is 4.36. The molecule has 3 rings (SSSR count). The quantitative estimate of drug-likeness (QED) is 0.887. The Labute approximate surface area is 143 Å². The van der Waals surface area contributed by atoms with E-state index in [-0.39, 0.29) is 5.91 Å². The maximum atomic E-state index is 12.3. The lowest BCUT2D eigenvalue weighted by Crippen LogP contribution is -2.23. The summed E-state index contributed by atoms with van der Waals surface area (Å²) in [5.41, 5.74) is 3.02. The molecule has 1 aliphatic heterocycles. The molecular formula is C20H24N2O2. The van der Waals surface area contributed by atoms with Crippen LogP contribution >= 0.6 is 0 Å². The molecule has 0 bridgehead atoms. The van der Waals surface area contributed by atoms with Crippen LogP contribution in [0.4, 0.5) is 0 Å². The van der Waals surface area contributed by atoms with Crippen LogP contribution in [0.15, 0.2) is 48.5 Å². The van der Waals surface area contributed by atoms with E-state index in [1.165, 1.54) is 31.5 Å². The molecule has 4 nitrogen and oxygen atoms in total. The van der Waals surface area contributed by atoms with E-state index in [1.54, 1.807) is 7.11 Å². The maximum Gasteiger partial charge on any atom is 0.251 e. The van der Waals surface area contributed by atoms with E-state index in [0.29, 0.717) is 12.1 Å². The summed E-state index contributed by atoms with van der Waals surface area (Å²) in [5, 5.41) is 2.96. The summed E-state index contributed by atoms with van der Waals surface area (Å²) in [5.74, 6) is 0.775. The number of carbonyl (C=O) groups is 1. The molecule has 0 spiro atoms. The van der Waals surface area contributed by atoms with Crippen molar-refractivity contribution >= 4 is 5.91 Å². The molecule has 24 heavy (non-hydrogen) atoms. The van der Waals surface area contributed by atoms with E-state index >= 15 is 0 Å². The Bertz CT molecular complexity index is 659. The zero-order valence-electron chi connectivity index (χ0n) is 14.1. The molecule has 0 atom stereocenters. The van der Waals surface area contributed by atoms with Gasteiger partial charge in [0.15, 0.2) is 0 Å². The standard InChI is InChI=1S/C20H24N2O2/c1-24-19-10-6-16(7-11-19)14-21-20(23)18-8-4-17(5-9-18)15-22-12-2-3-13-22/h4-11H,2-3,12-15H2,1H3,(H,21,23). The van der Waals surface area contributed by atoms with Crippen molar-refractivity contribution < 1.29 is 9.53 Å². The summed E-state index contributed by atoms with van der Waals surface area (Å²) in [6.07, 6.45) is 2.59. The Kier molecular flexibility index (Phi) is 5.49. The zero-order valence-corrected chi connectivity index (χ0v) is 14.1. The lowest BCUT2D eigenvalue weighted by atomic mass is 10.1. The van der Waals surface area contributed by atoms with Crippen molar-refractivity contribution in [3.8, 4) is 5.75 Å². The number of hydrogen-bond acceptors (Lipinski definition) is 3. The van der Waals surface area contributed by atoms with Gasteiger partial charge in [-0.1, -0.05) is 24.3 Å². The third-order valence-electron chi connectivity index (χ3n) is 4.43. The molecule has 1 amide bonds. The number of likely N-dealkylation sites (tertiary alicyclic amines) is 1. The molecule has 1 saturated heterocycles. The molecular weight excluding hydrogens is 300 g/mol. The van der Waals surface area contributed by atoms with Crippen LogP contribution in [0, 0.1) is 0 Å². The highest BCUT2D eigenvalue weighted by atomic mass is 16.5. The lowest BCUT2D eigenvalue weighted by Gasteiger charge is -2.14. The molecule has 0 radical (unpaired) electrons. The summed E-state index contributed by atoms with van der Waals surface area (Å²) in [6.45, 7) is 3.86. The van der Waals surface area contributed by atoms with Crippen molar-refractivity contribution in [3.63, 3.8) is 0 Å². The van der Waals surface area contributed by atoms with Crippen LogP contribution in [-0.2, 0) is 13.1 Å². The number of amides is 1. The summed E-state index contributed by atoms with van der Waals surface area (Å²) in [7, 11) is 1.64. The first kappa shape index (κ1) is 16.5. The van der Waals surface area contributed by atoms with Gasteiger partial charge in [0.1, 0.15) is 5.75 Å². The number of nitrogens with one attached hydrogen (secondary N) is 1. The Morgan fingerprint density at radius 3 is 2.25 bits per heavy atom. The molecule has 2 aromatic carbocycles. The number of rotatable bonds is 6. The van der Waals surface area contributed by atoms with Crippen molar-refractivity contribution in [2.24, 2.45) is 0 Å². The number of hydrogen-bond donors (Lipinski definition) is 1. The smallest absolute Gasteiger partial charge is 0.251 e. The van der Waals surface area contributed by atoms with Gasteiger partial charge in [0.05, 0.1) is 7.11 Å². The van der Waals surface area contributed by atoms with Gasteiger partial charge in [-0.15, -0.1) is 0 Å². The highest BCUT2D eigenvalue weighted by Gasteiger charge is 2.12. The maximum absolute atomic E-state index is 12.3. The Balaban J connectivity index is 1.52. The number of nitrogens with zero attached hydrogens (tertiary/aromatic N) is 1. The molecule has 126 valence electrons. The summed E-state index contributed by atoms with van der Waals surface area (Å²) in [4.78, 5) is 14.7. The Hall–Kier alpha value is -2.33. The highest BCUT2D eigenvalue weighted by molar-refractivity contribution is 5.94. The van der Waals surface area contributed by atoms with Crippen LogP contribution in [0.3, 0.4) is 0 Å². The minimum absolute atomic E-state index is 0.0430. The van der Waals surface area contributed by atoms with Gasteiger partial charge in [-0.2, -0.15) is 0 Å². The predicted molar refractivity (Wildman–Crippen MR) is 95.1 cm³/mol. The molecule has 0 aliphatic carbocycles. The van der Waals surface area contributed by atoms with Crippen LogP contribution in [0.1, 0.15) is 34.3 Å². The number of carbonyl (C=O) groups excluding carboxylic acids is 1. The van der Waals surface area contributed by atoms with E-state index in [9.17, 15) is 4.79 Å². The molecule has 4 heteroatoms. The fourth-order valence-electron chi connectivity index (χ4n) is 2.99. The highest BCUT2D eigenvalue weighted by Crippen LogP contribution is 2.14. The Morgan fingerprint density at radius 2 is 1.62 bits per heavy atom. The van der Waals surface area contributed by atoms with Crippen LogP contribution in [-0.4, -0.2) is 31.0 Å². The van der Waals surface area contributed by atoms with E-state index in [1.807, 2.05) is 36.4 Å². The SMILES string of the molecule is COc1ccc(CNC(=O)c2ccc(CN3CCCC3)cc2)cc1. The van der Waals surface area contributed by atoms with E-state index < -0.39 is 0 Å². The minimum atomic E-state index is -0.0430. The van der Waals surface area contributed by atoms with E-state index in [0.717, 1.165) is 17.9 Å². The van der Waals surface area contributed by atoms with Gasteiger partial charge in [0.25, 0.3) is 5.91 Å². The molecule has 2 aromatic rings. The molecule has 0 unspecified atom stereocenters. The summed E-state index contributed by atoms with van der Waals surface area (Å²) in [6, 6.07) is 15.6. The third-order valence-corrected chi connectivity index (χ3v) is 4.43. The molecule has 1 aliphatic rings. The fourth-order valence-corrected chi connectivity index (χ4v) is 2.99. The van der Waals surface area contributed by atoms with Crippen molar-refractivity contribution in [3.05, 3.63) is 65.2 Å². The number of benzene rings is 2. The minimum Gasteiger partial charge on any atom is -0.497 e. The second-order valence-corrected chi connectivity index (χ2v) is 6.21. The van der Waals surface area contributed by atoms with Gasteiger partial charge in [-0.3, -0.25) is 9.69 Å². The van der Waals surface area contributed by atoms with E-state index in [2.05, 4.69) is 22.3 Å². The normalized spacial score (nSPS) is 14.5. The average molecular weight is 324 g/mol. The van der Waals surface area contributed by atoms with Gasteiger partial charge in [0.2, 0.25) is 0 Å². The van der Waals surface area contributed by atoms with Crippen molar-refractivity contribution in [1.29, 1.82) is 0 Å². The predicted octanol–water partition coefficient (Wildman–Crippen LogP) is 3.22. The second-order valence-electron chi connectivity index (χ2n) is 6.21. The lowest BCUT2D eigenvalue weighted by molar-refractivity contribution is 0.0951. The van der Waals surface area contributed by atoms with Crippen molar-refractivity contribution in [2.45, 2.75) is 25.9 Å². The van der Waals surface area contributed by atoms with Crippen molar-refractivity contribution in [1.82, 2.24) is 10.2 Å². The van der Waals surface area contributed by atoms with Crippen LogP contribution in [0.25, 0.3) is 0 Å². The molecule has 1 heterocycles. The largest absolute Gasteiger partial charge is 0.497 e. The average Bonchev–Trinajstić information content (AvgIpc) is 3.14. The monoisotopic (exact) mass is 324 g/mol. The van der Waals surface area contributed by atoms with Gasteiger partial charge >= 0.3 is 0 Å². The molecule has 0 saturated carbocycles. The number of methoxy groups -OCH3 is 1. The second kappa shape index (κ2) is 7.97. The molecule has 0 aromatic heterocycles. The van der Waals surface area contributed by atoms with Gasteiger partial charge in [-0.25, -0.2) is 0 Å². The van der Waals surface area contributed by atoms with Crippen LogP contribution in [0.5, 0.6) is 5.75 Å². The summed E-state index contributed by atoms with van der Waals surface area (Å²) < 4.78 is 5.13. The molecule has 1 N–H and O–H groups in total. The zero-order chi connectivity index (χ0) is 16.8. The van der Waals surface area contributed by atoms with E-state index in [4.69, 9.17) is 4.74 Å². The van der Waals surface area contributed by atoms with Crippen LogP contribution in [0.2, 0.25) is 0 Å². The van der Waals surface area contributed by atoms with Gasteiger partial charge < -0.3 is 10.1 Å².